The summed E-state index contributed by atoms with van der Waals surface area (Å²) in [5, 5.41) is 11.3. The van der Waals surface area contributed by atoms with Crippen LogP contribution >= 0.6 is 11.6 Å². The SMILES string of the molecule is O[C@@H](COc1ccc(Cl)cc1)CN(Cc1ccccc1)Cc1ccc2c(c1)OCO2. The molecule has 0 spiro atoms. The second-order valence-electron chi connectivity index (χ2n) is 7.26. The van der Waals surface area contributed by atoms with Gasteiger partial charge in [-0.1, -0.05) is 48.0 Å². The lowest BCUT2D eigenvalue weighted by Gasteiger charge is -2.25. The number of hydrogen-bond donors (Lipinski definition) is 1. The fourth-order valence-electron chi connectivity index (χ4n) is 3.40. The zero-order chi connectivity index (χ0) is 20.8. The average molecular weight is 426 g/mol. The van der Waals surface area contributed by atoms with Crippen LogP contribution in [0.1, 0.15) is 11.1 Å². The zero-order valence-electron chi connectivity index (χ0n) is 16.5. The Bertz CT molecular complexity index is 949. The van der Waals surface area contributed by atoms with E-state index in [-0.39, 0.29) is 13.4 Å². The lowest BCUT2D eigenvalue weighted by molar-refractivity contribution is 0.0628. The maximum absolute atomic E-state index is 10.6. The molecule has 0 aliphatic carbocycles. The van der Waals surface area contributed by atoms with E-state index in [4.69, 9.17) is 25.8 Å². The van der Waals surface area contributed by atoms with Gasteiger partial charge in [-0.2, -0.15) is 0 Å². The molecular weight excluding hydrogens is 402 g/mol. The molecule has 1 aliphatic rings. The molecule has 3 aromatic rings. The van der Waals surface area contributed by atoms with Crippen LogP contribution in [0.3, 0.4) is 0 Å². The monoisotopic (exact) mass is 425 g/mol. The Morgan fingerprint density at radius 2 is 1.63 bits per heavy atom. The molecule has 4 rings (SSSR count). The van der Waals surface area contributed by atoms with E-state index in [9.17, 15) is 5.11 Å². The van der Waals surface area contributed by atoms with Gasteiger partial charge >= 0.3 is 0 Å². The molecule has 0 bridgehead atoms. The third kappa shape index (κ3) is 5.66. The molecule has 0 aromatic heterocycles. The second-order valence-corrected chi connectivity index (χ2v) is 7.70. The molecule has 0 radical (unpaired) electrons. The number of nitrogens with zero attached hydrogens (tertiary/aromatic N) is 1. The molecule has 30 heavy (non-hydrogen) atoms. The number of rotatable bonds is 9. The fourth-order valence-corrected chi connectivity index (χ4v) is 3.52. The van der Waals surface area contributed by atoms with Crippen molar-refractivity contribution >= 4 is 11.6 Å². The molecule has 0 fully saturated rings. The molecule has 0 unspecified atom stereocenters. The van der Waals surface area contributed by atoms with Crippen molar-refractivity contribution in [2.24, 2.45) is 0 Å². The van der Waals surface area contributed by atoms with Crippen molar-refractivity contribution in [2.75, 3.05) is 19.9 Å². The van der Waals surface area contributed by atoms with Gasteiger partial charge in [0.25, 0.3) is 0 Å². The minimum Gasteiger partial charge on any atom is -0.491 e. The molecule has 0 saturated carbocycles. The van der Waals surface area contributed by atoms with E-state index in [2.05, 4.69) is 17.0 Å². The van der Waals surface area contributed by atoms with E-state index in [1.54, 1.807) is 24.3 Å². The van der Waals surface area contributed by atoms with Gasteiger partial charge in [-0.25, -0.2) is 0 Å². The minimum atomic E-state index is -0.640. The van der Waals surface area contributed by atoms with Crippen LogP contribution in [0.2, 0.25) is 5.02 Å². The van der Waals surface area contributed by atoms with E-state index < -0.39 is 6.10 Å². The fraction of sp³-hybridized carbons (Fsp3) is 0.250. The van der Waals surface area contributed by atoms with Crippen molar-refractivity contribution in [3.05, 3.63) is 88.9 Å². The molecular formula is C24H24ClNO4. The second kappa shape index (κ2) is 9.85. The largest absolute Gasteiger partial charge is 0.491 e. The highest BCUT2D eigenvalue weighted by atomic mass is 35.5. The van der Waals surface area contributed by atoms with Crippen LogP contribution in [0.25, 0.3) is 0 Å². The van der Waals surface area contributed by atoms with Crippen molar-refractivity contribution in [2.45, 2.75) is 19.2 Å². The summed E-state index contributed by atoms with van der Waals surface area (Å²) in [6.07, 6.45) is -0.640. The maximum Gasteiger partial charge on any atom is 0.231 e. The van der Waals surface area contributed by atoms with Crippen LogP contribution < -0.4 is 14.2 Å². The predicted octanol–water partition coefficient (Wildman–Crippen LogP) is 4.51. The maximum atomic E-state index is 10.6. The van der Waals surface area contributed by atoms with Gasteiger partial charge in [0, 0.05) is 24.7 Å². The lowest BCUT2D eigenvalue weighted by atomic mass is 10.1. The quantitative estimate of drug-likeness (QED) is 0.546. The Balaban J connectivity index is 1.40. The Morgan fingerprint density at radius 1 is 0.900 bits per heavy atom. The summed E-state index contributed by atoms with van der Waals surface area (Å²) in [5.74, 6) is 2.22. The number of aliphatic hydroxyl groups is 1. The van der Waals surface area contributed by atoms with E-state index in [0.29, 0.717) is 30.4 Å². The summed E-state index contributed by atoms with van der Waals surface area (Å²) in [6, 6.07) is 23.3. The van der Waals surface area contributed by atoms with Crippen molar-refractivity contribution in [1.29, 1.82) is 0 Å². The highest BCUT2D eigenvalue weighted by Crippen LogP contribution is 2.33. The highest BCUT2D eigenvalue weighted by Gasteiger charge is 2.17. The zero-order valence-corrected chi connectivity index (χ0v) is 17.3. The number of fused-ring (bicyclic) bond motifs is 1. The molecule has 1 atom stereocenters. The van der Waals surface area contributed by atoms with Crippen molar-refractivity contribution < 1.29 is 19.3 Å². The first-order valence-corrected chi connectivity index (χ1v) is 10.2. The third-order valence-corrected chi connectivity index (χ3v) is 5.07. The Morgan fingerprint density at radius 3 is 2.43 bits per heavy atom. The van der Waals surface area contributed by atoms with Gasteiger partial charge in [-0.05, 0) is 47.5 Å². The summed E-state index contributed by atoms with van der Waals surface area (Å²) in [4.78, 5) is 2.20. The number of hydrogen-bond acceptors (Lipinski definition) is 5. The van der Waals surface area contributed by atoms with Gasteiger partial charge in [0.2, 0.25) is 6.79 Å². The first-order valence-electron chi connectivity index (χ1n) is 9.87. The average Bonchev–Trinajstić information content (AvgIpc) is 3.22. The molecule has 5 nitrogen and oxygen atoms in total. The van der Waals surface area contributed by atoms with Gasteiger partial charge in [0.05, 0.1) is 0 Å². The first-order chi connectivity index (χ1) is 14.7. The smallest absolute Gasteiger partial charge is 0.231 e. The summed E-state index contributed by atoms with van der Waals surface area (Å²) in [7, 11) is 0. The van der Waals surface area contributed by atoms with Gasteiger partial charge in [0.1, 0.15) is 18.5 Å². The summed E-state index contributed by atoms with van der Waals surface area (Å²) < 4.78 is 16.6. The van der Waals surface area contributed by atoms with E-state index >= 15 is 0 Å². The van der Waals surface area contributed by atoms with Crippen LogP contribution in [-0.2, 0) is 13.1 Å². The molecule has 156 valence electrons. The Labute approximate surface area is 181 Å². The van der Waals surface area contributed by atoms with Crippen LogP contribution in [-0.4, -0.2) is 36.1 Å². The standard InChI is InChI=1S/C24H24ClNO4/c25-20-7-9-22(10-8-20)28-16-21(27)15-26(13-18-4-2-1-3-5-18)14-19-6-11-23-24(12-19)30-17-29-23/h1-12,21,27H,13-17H2/t21-/m1/s1. The molecule has 6 heteroatoms. The summed E-state index contributed by atoms with van der Waals surface area (Å²) in [5.41, 5.74) is 2.28. The van der Waals surface area contributed by atoms with Crippen molar-refractivity contribution in [1.82, 2.24) is 4.90 Å². The van der Waals surface area contributed by atoms with Crippen LogP contribution in [0.5, 0.6) is 17.2 Å². The highest BCUT2D eigenvalue weighted by molar-refractivity contribution is 6.30. The number of aliphatic hydroxyl groups excluding tert-OH is 1. The van der Waals surface area contributed by atoms with E-state index in [1.165, 1.54) is 5.56 Å². The molecule has 0 saturated heterocycles. The number of halogens is 1. The normalized spacial score (nSPS) is 13.4. The lowest BCUT2D eigenvalue weighted by Crippen LogP contribution is -2.35. The predicted molar refractivity (Wildman–Crippen MR) is 116 cm³/mol. The molecule has 1 heterocycles. The van der Waals surface area contributed by atoms with Crippen molar-refractivity contribution in [3.63, 3.8) is 0 Å². The topological polar surface area (TPSA) is 51.2 Å². The summed E-state index contributed by atoms with van der Waals surface area (Å²) in [6.45, 7) is 2.31. The van der Waals surface area contributed by atoms with Gasteiger partial charge in [-0.3, -0.25) is 4.90 Å². The van der Waals surface area contributed by atoms with Gasteiger partial charge in [-0.15, -0.1) is 0 Å². The number of benzene rings is 3. The molecule has 1 N–H and O–H groups in total. The third-order valence-electron chi connectivity index (χ3n) is 4.82. The summed E-state index contributed by atoms with van der Waals surface area (Å²) >= 11 is 5.90. The van der Waals surface area contributed by atoms with Gasteiger partial charge in [0.15, 0.2) is 11.5 Å². The Kier molecular flexibility index (Phi) is 6.74. The number of ether oxygens (including phenoxy) is 3. The van der Waals surface area contributed by atoms with Gasteiger partial charge < -0.3 is 19.3 Å². The van der Waals surface area contributed by atoms with Crippen molar-refractivity contribution in [3.8, 4) is 17.2 Å². The first kappa shape index (κ1) is 20.5. The van der Waals surface area contributed by atoms with Crippen LogP contribution in [0, 0.1) is 0 Å². The van der Waals surface area contributed by atoms with Crippen LogP contribution in [0.15, 0.2) is 72.8 Å². The molecule has 1 aliphatic heterocycles. The van der Waals surface area contributed by atoms with E-state index in [0.717, 1.165) is 17.1 Å². The van der Waals surface area contributed by atoms with E-state index in [1.807, 2.05) is 36.4 Å². The molecule has 0 amide bonds. The molecule has 3 aromatic carbocycles. The Hall–Kier alpha value is -2.73. The minimum absolute atomic E-state index is 0.202. The van der Waals surface area contributed by atoms with Crippen LogP contribution in [0.4, 0.5) is 0 Å².